The van der Waals surface area contributed by atoms with Crippen molar-refractivity contribution in [2.45, 2.75) is 64.2 Å². The highest BCUT2D eigenvalue weighted by molar-refractivity contribution is 5.76. The highest BCUT2D eigenvalue weighted by Gasteiger charge is 2.47. The van der Waals surface area contributed by atoms with Crippen molar-refractivity contribution < 1.29 is 22.7 Å². The Bertz CT molecular complexity index is 894. The summed E-state index contributed by atoms with van der Waals surface area (Å²) in [5.41, 5.74) is 0.534. The van der Waals surface area contributed by atoms with Gasteiger partial charge in [-0.15, -0.1) is 0 Å². The van der Waals surface area contributed by atoms with Gasteiger partial charge in [-0.05, 0) is 62.8 Å². The summed E-state index contributed by atoms with van der Waals surface area (Å²) in [5, 5.41) is 3.71. The standard InChI is InChI=1S/C26H32F3NO2/c1-17(18-9-6-5-7-10-18)30-22-12-8-11-21(25(2,3)24(31)32-4)23(22)19-13-15-20(16-14-19)26(27,28)29/h5-7,9-10,13-17,21-23,30H,8,11-12H2,1-4H3/t17-,21?,22?,23?/m0/s1. The molecule has 1 fully saturated rings. The van der Waals surface area contributed by atoms with Crippen LogP contribution >= 0.6 is 0 Å². The maximum atomic E-state index is 13.1. The number of esters is 1. The van der Waals surface area contributed by atoms with Gasteiger partial charge in [-0.1, -0.05) is 48.9 Å². The third-order valence-electron chi connectivity index (χ3n) is 6.92. The first kappa shape index (κ1) is 24.3. The molecule has 174 valence electrons. The first-order valence-electron chi connectivity index (χ1n) is 11.1. The van der Waals surface area contributed by atoms with Crippen LogP contribution in [0.1, 0.15) is 68.7 Å². The molecule has 2 aromatic carbocycles. The van der Waals surface area contributed by atoms with E-state index in [9.17, 15) is 18.0 Å². The number of hydrogen-bond donors (Lipinski definition) is 1. The van der Waals surface area contributed by atoms with Gasteiger partial charge in [0.15, 0.2) is 0 Å². The van der Waals surface area contributed by atoms with Crippen LogP contribution in [0.2, 0.25) is 0 Å². The Morgan fingerprint density at radius 2 is 1.66 bits per heavy atom. The molecular weight excluding hydrogens is 415 g/mol. The molecular formula is C26H32F3NO2. The fourth-order valence-corrected chi connectivity index (χ4v) is 5.13. The van der Waals surface area contributed by atoms with Crippen molar-refractivity contribution in [2.75, 3.05) is 7.11 Å². The zero-order chi connectivity index (χ0) is 23.5. The lowest BCUT2D eigenvalue weighted by Crippen LogP contribution is -2.48. The second-order valence-electron chi connectivity index (χ2n) is 9.30. The van der Waals surface area contributed by atoms with E-state index >= 15 is 0 Å². The summed E-state index contributed by atoms with van der Waals surface area (Å²) in [7, 11) is 1.38. The van der Waals surface area contributed by atoms with Crippen molar-refractivity contribution in [3.05, 3.63) is 71.3 Å². The van der Waals surface area contributed by atoms with Crippen LogP contribution in [0.15, 0.2) is 54.6 Å². The first-order chi connectivity index (χ1) is 15.1. The topological polar surface area (TPSA) is 38.3 Å². The van der Waals surface area contributed by atoms with Crippen molar-refractivity contribution >= 4 is 5.97 Å². The summed E-state index contributed by atoms with van der Waals surface area (Å²) in [6, 6.07) is 15.6. The lowest BCUT2D eigenvalue weighted by molar-refractivity contribution is -0.155. The van der Waals surface area contributed by atoms with Crippen LogP contribution in [0, 0.1) is 11.3 Å². The number of methoxy groups -OCH3 is 1. The number of hydrogen-bond acceptors (Lipinski definition) is 3. The van der Waals surface area contributed by atoms with E-state index in [-0.39, 0.29) is 29.9 Å². The lowest BCUT2D eigenvalue weighted by atomic mass is 9.61. The van der Waals surface area contributed by atoms with E-state index in [1.807, 2.05) is 32.0 Å². The number of nitrogens with one attached hydrogen (secondary N) is 1. The predicted octanol–water partition coefficient (Wildman–Crippen LogP) is 6.51. The second-order valence-corrected chi connectivity index (χ2v) is 9.30. The van der Waals surface area contributed by atoms with Crippen LogP contribution in [0.5, 0.6) is 0 Å². The Kier molecular flexibility index (Phi) is 7.33. The second kappa shape index (κ2) is 9.65. The van der Waals surface area contributed by atoms with Crippen LogP contribution in [0.4, 0.5) is 13.2 Å². The van der Waals surface area contributed by atoms with E-state index in [0.717, 1.165) is 42.5 Å². The lowest BCUT2D eigenvalue weighted by Gasteiger charge is -2.46. The maximum Gasteiger partial charge on any atom is 0.416 e. The van der Waals surface area contributed by atoms with Crippen molar-refractivity contribution in [3.8, 4) is 0 Å². The molecule has 3 rings (SSSR count). The Balaban J connectivity index is 1.98. The normalized spacial score (nSPS) is 22.9. The smallest absolute Gasteiger partial charge is 0.416 e. The fraction of sp³-hybridized carbons (Fsp3) is 0.500. The van der Waals surface area contributed by atoms with Gasteiger partial charge >= 0.3 is 12.1 Å². The predicted molar refractivity (Wildman–Crippen MR) is 119 cm³/mol. The molecule has 0 radical (unpaired) electrons. The van der Waals surface area contributed by atoms with Gasteiger partial charge < -0.3 is 10.1 Å². The third kappa shape index (κ3) is 5.17. The minimum Gasteiger partial charge on any atom is -0.469 e. The number of alkyl halides is 3. The number of halogens is 3. The van der Waals surface area contributed by atoms with Gasteiger partial charge in [0.05, 0.1) is 18.1 Å². The minimum absolute atomic E-state index is 0.0182. The fourth-order valence-electron chi connectivity index (χ4n) is 5.13. The molecule has 6 heteroatoms. The Morgan fingerprint density at radius 1 is 1.03 bits per heavy atom. The van der Waals surface area contributed by atoms with Gasteiger partial charge in [-0.25, -0.2) is 0 Å². The number of carbonyl (C=O) groups excluding carboxylic acids is 1. The zero-order valence-electron chi connectivity index (χ0n) is 19.1. The first-order valence-corrected chi connectivity index (χ1v) is 11.1. The summed E-state index contributed by atoms with van der Waals surface area (Å²) in [5.74, 6) is -0.483. The quantitative estimate of drug-likeness (QED) is 0.513. The summed E-state index contributed by atoms with van der Waals surface area (Å²) in [6.07, 6.45) is -1.75. The molecule has 32 heavy (non-hydrogen) atoms. The van der Waals surface area contributed by atoms with Crippen LogP contribution < -0.4 is 5.32 Å². The highest BCUT2D eigenvalue weighted by atomic mass is 19.4. The third-order valence-corrected chi connectivity index (χ3v) is 6.92. The van der Waals surface area contributed by atoms with E-state index < -0.39 is 17.2 Å². The SMILES string of the molecule is COC(=O)C(C)(C)C1CCCC(N[C@@H](C)c2ccccc2)C1c1ccc(C(F)(F)F)cc1. The molecule has 0 aromatic heterocycles. The molecule has 1 N–H and O–H groups in total. The van der Waals surface area contributed by atoms with Crippen LogP contribution in [-0.2, 0) is 15.7 Å². The summed E-state index contributed by atoms with van der Waals surface area (Å²) in [6.45, 7) is 5.85. The number of carbonyl (C=O) groups is 1. The van der Waals surface area contributed by atoms with Gasteiger partial charge in [0.25, 0.3) is 0 Å². The minimum atomic E-state index is -4.38. The molecule has 0 amide bonds. The van der Waals surface area contributed by atoms with E-state index in [1.54, 1.807) is 12.1 Å². The molecule has 0 saturated heterocycles. The molecule has 3 nitrogen and oxygen atoms in total. The van der Waals surface area contributed by atoms with Crippen molar-refractivity contribution in [1.29, 1.82) is 0 Å². The van der Waals surface area contributed by atoms with Crippen LogP contribution in [-0.4, -0.2) is 19.1 Å². The Labute approximate surface area is 188 Å². The average Bonchev–Trinajstić information content (AvgIpc) is 2.78. The van der Waals surface area contributed by atoms with E-state index in [1.165, 1.54) is 7.11 Å². The number of benzene rings is 2. The van der Waals surface area contributed by atoms with E-state index in [0.29, 0.717) is 0 Å². The van der Waals surface area contributed by atoms with Gasteiger partial charge in [-0.2, -0.15) is 13.2 Å². The van der Waals surface area contributed by atoms with Crippen molar-refractivity contribution in [3.63, 3.8) is 0 Å². The molecule has 2 aromatic rings. The monoisotopic (exact) mass is 447 g/mol. The molecule has 3 unspecified atom stereocenters. The van der Waals surface area contributed by atoms with Gasteiger partial charge in [0.1, 0.15) is 0 Å². The molecule has 1 saturated carbocycles. The van der Waals surface area contributed by atoms with Gasteiger partial charge in [0.2, 0.25) is 0 Å². The number of rotatable bonds is 6. The number of ether oxygens (including phenoxy) is 1. The van der Waals surface area contributed by atoms with Gasteiger partial charge in [-0.3, -0.25) is 4.79 Å². The highest BCUT2D eigenvalue weighted by Crippen LogP contribution is 2.48. The Morgan fingerprint density at radius 3 is 2.22 bits per heavy atom. The van der Waals surface area contributed by atoms with Crippen molar-refractivity contribution in [2.24, 2.45) is 11.3 Å². The van der Waals surface area contributed by atoms with E-state index in [2.05, 4.69) is 24.4 Å². The average molecular weight is 448 g/mol. The molecule has 1 aliphatic rings. The zero-order valence-corrected chi connectivity index (χ0v) is 19.1. The van der Waals surface area contributed by atoms with Gasteiger partial charge in [0, 0.05) is 18.0 Å². The van der Waals surface area contributed by atoms with Crippen LogP contribution in [0.3, 0.4) is 0 Å². The summed E-state index contributed by atoms with van der Waals surface area (Å²) in [4.78, 5) is 12.7. The summed E-state index contributed by atoms with van der Waals surface area (Å²) >= 11 is 0. The van der Waals surface area contributed by atoms with Crippen molar-refractivity contribution in [1.82, 2.24) is 5.32 Å². The molecule has 4 atom stereocenters. The molecule has 0 aliphatic heterocycles. The molecule has 0 bridgehead atoms. The van der Waals surface area contributed by atoms with E-state index in [4.69, 9.17) is 4.74 Å². The van der Waals surface area contributed by atoms with Crippen LogP contribution in [0.25, 0.3) is 0 Å². The largest absolute Gasteiger partial charge is 0.469 e. The molecule has 0 spiro atoms. The maximum absolute atomic E-state index is 13.1. The molecule has 0 heterocycles. The Hall–Kier alpha value is -2.34. The molecule has 1 aliphatic carbocycles. The summed E-state index contributed by atoms with van der Waals surface area (Å²) < 4.78 is 44.5.